The number of rotatable bonds is 4. The highest BCUT2D eigenvalue weighted by molar-refractivity contribution is 5.96. The van der Waals surface area contributed by atoms with Crippen LogP contribution in [0.2, 0.25) is 0 Å². The summed E-state index contributed by atoms with van der Waals surface area (Å²) in [5, 5.41) is 1.24. The van der Waals surface area contributed by atoms with Gasteiger partial charge in [-0.3, -0.25) is 9.69 Å². The molecule has 2 aromatic carbocycles. The molecule has 2 N–H and O–H groups in total. The molecule has 1 atom stereocenters. The lowest BCUT2D eigenvalue weighted by Gasteiger charge is -2.35. The summed E-state index contributed by atoms with van der Waals surface area (Å²) >= 11 is 0. The van der Waals surface area contributed by atoms with E-state index in [4.69, 9.17) is 10.6 Å². The fraction of sp³-hybridized carbons (Fsp3) is 0.278. The minimum Gasteiger partial charge on any atom is -0.379 e. The Balaban J connectivity index is 1.89. The van der Waals surface area contributed by atoms with Gasteiger partial charge in [-0.15, -0.1) is 0 Å². The molecule has 0 spiro atoms. The number of hydrogen-bond acceptors (Lipinski definition) is 4. The molecule has 2 aromatic rings. The highest BCUT2D eigenvalue weighted by Crippen LogP contribution is 2.25. The van der Waals surface area contributed by atoms with Crippen LogP contribution < -0.4 is 10.9 Å². The van der Waals surface area contributed by atoms with Gasteiger partial charge in [-0.25, -0.2) is 10.9 Å². The highest BCUT2D eigenvalue weighted by atomic mass is 16.5. The first-order valence-corrected chi connectivity index (χ1v) is 7.78. The van der Waals surface area contributed by atoms with Crippen LogP contribution in [0.5, 0.6) is 0 Å². The van der Waals surface area contributed by atoms with Gasteiger partial charge in [0.2, 0.25) is 0 Å². The molecule has 1 aliphatic rings. The maximum Gasteiger partial charge on any atom is 0.263 e. The van der Waals surface area contributed by atoms with Crippen molar-refractivity contribution in [2.45, 2.75) is 6.04 Å². The first-order chi connectivity index (χ1) is 11.3. The first kappa shape index (κ1) is 15.7. The number of para-hydroxylation sites is 1. The highest BCUT2D eigenvalue weighted by Gasteiger charge is 2.31. The van der Waals surface area contributed by atoms with Crippen LogP contribution in [0, 0.1) is 0 Å². The summed E-state index contributed by atoms with van der Waals surface area (Å²) in [7, 11) is 0. The van der Waals surface area contributed by atoms with E-state index in [1.165, 1.54) is 5.01 Å². The zero-order valence-electron chi connectivity index (χ0n) is 13.0. The second kappa shape index (κ2) is 7.37. The Morgan fingerprint density at radius 2 is 1.57 bits per heavy atom. The molecule has 0 unspecified atom stereocenters. The van der Waals surface area contributed by atoms with Crippen molar-refractivity contribution in [2.24, 2.45) is 5.84 Å². The van der Waals surface area contributed by atoms with E-state index >= 15 is 0 Å². The molecular weight excluding hydrogens is 290 g/mol. The molecule has 0 bridgehead atoms. The first-order valence-electron chi connectivity index (χ1n) is 7.78. The number of hydrazine groups is 1. The summed E-state index contributed by atoms with van der Waals surface area (Å²) < 4.78 is 5.41. The fourth-order valence-corrected chi connectivity index (χ4v) is 2.83. The minimum absolute atomic E-state index is 0.135. The van der Waals surface area contributed by atoms with Crippen molar-refractivity contribution in [3.8, 4) is 0 Å². The zero-order chi connectivity index (χ0) is 16.1. The van der Waals surface area contributed by atoms with E-state index in [-0.39, 0.29) is 5.91 Å². The van der Waals surface area contributed by atoms with Gasteiger partial charge in [0, 0.05) is 13.1 Å². The van der Waals surface area contributed by atoms with E-state index in [1.807, 2.05) is 60.7 Å². The number of benzene rings is 2. The summed E-state index contributed by atoms with van der Waals surface area (Å²) in [6.45, 7) is 2.70. The molecule has 5 heteroatoms. The normalized spacial score (nSPS) is 16.7. The fourth-order valence-electron chi connectivity index (χ4n) is 2.83. The Labute approximate surface area is 136 Å². The maximum absolute atomic E-state index is 13.1. The second-order valence-electron chi connectivity index (χ2n) is 5.51. The summed E-state index contributed by atoms with van der Waals surface area (Å²) in [4.78, 5) is 15.2. The molecule has 120 valence electrons. The Bertz CT molecular complexity index is 627. The van der Waals surface area contributed by atoms with Crippen LogP contribution in [0.25, 0.3) is 0 Å². The average Bonchev–Trinajstić information content (AvgIpc) is 2.64. The van der Waals surface area contributed by atoms with Crippen molar-refractivity contribution in [1.82, 2.24) is 4.90 Å². The Hall–Kier alpha value is -2.21. The van der Waals surface area contributed by atoms with E-state index in [1.54, 1.807) is 0 Å². The second-order valence-corrected chi connectivity index (χ2v) is 5.51. The van der Waals surface area contributed by atoms with Crippen LogP contribution in [0.4, 0.5) is 5.69 Å². The van der Waals surface area contributed by atoms with Gasteiger partial charge in [0.15, 0.2) is 0 Å². The van der Waals surface area contributed by atoms with Crippen LogP contribution in [-0.4, -0.2) is 37.1 Å². The van der Waals surface area contributed by atoms with Crippen LogP contribution in [-0.2, 0) is 9.53 Å². The van der Waals surface area contributed by atoms with Gasteiger partial charge in [-0.2, -0.15) is 0 Å². The number of nitrogens with zero attached hydrogens (tertiary/aromatic N) is 2. The quantitative estimate of drug-likeness (QED) is 0.533. The number of amides is 1. The molecule has 0 saturated carbocycles. The smallest absolute Gasteiger partial charge is 0.263 e. The molecule has 23 heavy (non-hydrogen) atoms. The minimum atomic E-state index is -0.398. The monoisotopic (exact) mass is 311 g/mol. The number of hydrogen-bond donors (Lipinski definition) is 1. The van der Waals surface area contributed by atoms with Crippen LogP contribution in [0.15, 0.2) is 60.7 Å². The van der Waals surface area contributed by atoms with E-state index in [2.05, 4.69) is 4.90 Å². The van der Waals surface area contributed by atoms with Crippen molar-refractivity contribution in [3.63, 3.8) is 0 Å². The van der Waals surface area contributed by atoms with Crippen molar-refractivity contribution in [3.05, 3.63) is 66.2 Å². The van der Waals surface area contributed by atoms with Gasteiger partial charge < -0.3 is 4.74 Å². The third-order valence-electron chi connectivity index (χ3n) is 4.03. The van der Waals surface area contributed by atoms with Crippen molar-refractivity contribution in [1.29, 1.82) is 0 Å². The van der Waals surface area contributed by atoms with E-state index in [0.29, 0.717) is 32.0 Å². The average molecular weight is 311 g/mol. The largest absolute Gasteiger partial charge is 0.379 e. The van der Waals surface area contributed by atoms with E-state index in [0.717, 1.165) is 5.56 Å². The van der Waals surface area contributed by atoms with Gasteiger partial charge in [-0.05, 0) is 17.7 Å². The number of morpholine rings is 1. The topological polar surface area (TPSA) is 58.8 Å². The summed E-state index contributed by atoms with van der Waals surface area (Å²) in [6, 6.07) is 18.7. The molecule has 0 aliphatic carbocycles. The van der Waals surface area contributed by atoms with Crippen molar-refractivity contribution in [2.75, 3.05) is 31.3 Å². The number of carbonyl (C=O) groups excluding carboxylic acids is 1. The molecule has 1 heterocycles. The number of anilines is 1. The van der Waals surface area contributed by atoms with Gasteiger partial charge in [0.1, 0.15) is 6.04 Å². The lowest BCUT2D eigenvalue weighted by molar-refractivity contribution is -0.126. The van der Waals surface area contributed by atoms with E-state index in [9.17, 15) is 4.79 Å². The Morgan fingerprint density at radius 1 is 1.00 bits per heavy atom. The lowest BCUT2D eigenvalue weighted by atomic mass is 10.0. The predicted octanol–water partition coefficient (Wildman–Crippen LogP) is 1.97. The predicted molar refractivity (Wildman–Crippen MR) is 89.7 cm³/mol. The molecule has 0 aromatic heterocycles. The molecule has 1 amide bonds. The van der Waals surface area contributed by atoms with Crippen LogP contribution >= 0.6 is 0 Å². The van der Waals surface area contributed by atoms with Gasteiger partial charge >= 0.3 is 0 Å². The van der Waals surface area contributed by atoms with Crippen LogP contribution in [0.1, 0.15) is 11.6 Å². The third kappa shape index (κ3) is 3.59. The molecule has 0 radical (unpaired) electrons. The van der Waals surface area contributed by atoms with Crippen LogP contribution in [0.3, 0.4) is 0 Å². The van der Waals surface area contributed by atoms with Crippen molar-refractivity contribution >= 4 is 11.6 Å². The summed E-state index contributed by atoms with van der Waals surface area (Å²) in [6.07, 6.45) is 0. The molecule has 1 aliphatic heterocycles. The summed E-state index contributed by atoms with van der Waals surface area (Å²) in [5.41, 5.74) is 1.64. The lowest BCUT2D eigenvalue weighted by Crippen LogP contribution is -2.49. The standard InChI is InChI=1S/C18H21N3O2/c19-21(16-9-5-2-6-10-16)18(22)17(15-7-3-1-4-8-15)20-11-13-23-14-12-20/h1-10,17H,11-14,19H2/t17-/m1/s1. The zero-order valence-corrected chi connectivity index (χ0v) is 13.0. The van der Waals surface area contributed by atoms with E-state index < -0.39 is 6.04 Å². The molecule has 1 fully saturated rings. The SMILES string of the molecule is NN(C(=O)[C@@H](c1ccccc1)N1CCOCC1)c1ccccc1. The Kier molecular flexibility index (Phi) is 5.02. The number of ether oxygens (including phenoxy) is 1. The Morgan fingerprint density at radius 3 is 2.17 bits per heavy atom. The van der Waals surface area contributed by atoms with Gasteiger partial charge in [0.25, 0.3) is 5.91 Å². The third-order valence-corrected chi connectivity index (χ3v) is 4.03. The maximum atomic E-state index is 13.1. The molecule has 5 nitrogen and oxygen atoms in total. The molecular formula is C18H21N3O2. The molecule has 3 rings (SSSR count). The van der Waals surface area contributed by atoms with Gasteiger partial charge in [-0.1, -0.05) is 48.5 Å². The summed E-state index contributed by atoms with van der Waals surface area (Å²) in [5.74, 6) is 5.97. The van der Waals surface area contributed by atoms with Gasteiger partial charge in [0.05, 0.1) is 18.9 Å². The molecule has 1 saturated heterocycles. The van der Waals surface area contributed by atoms with Crippen molar-refractivity contribution < 1.29 is 9.53 Å². The number of nitrogens with two attached hydrogens (primary N) is 1. The number of carbonyl (C=O) groups is 1.